The number of hydrogen-bond donors (Lipinski definition) is 2. The third-order valence-electron chi connectivity index (χ3n) is 12.3. The Morgan fingerprint density at radius 1 is 1.14 bits per heavy atom. The highest BCUT2D eigenvalue weighted by Crippen LogP contribution is 2.68. The van der Waals surface area contributed by atoms with Crippen molar-refractivity contribution < 1.29 is 28.2 Å². The maximum Gasteiger partial charge on any atom is 0.375 e. The number of fused-ring (bicyclic) bond motifs is 6. The highest BCUT2D eigenvalue weighted by atomic mass is 19.1. The third-order valence-corrected chi connectivity index (χ3v) is 12.3. The maximum absolute atomic E-state index is 14.4. The molecule has 3 aromatic heterocycles. The molecule has 0 bridgehead atoms. The van der Waals surface area contributed by atoms with E-state index in [0.717, 1.165) is 41.9 Å². The van der Waals surface area contributed by atoms with Gasteiger partial charge in [0.25, 0.3) is 5.91 Å². The van der Waals surface area contributed by atoms with Gasteiger partial charge >= 0.3 is 5.97 Å². The molecule has 8 rings (SSSR count). The van der Waals surface area contributed by atoms with Crippen molar-refractivity contribution >= 4 is 18.0 Å². The normalized spacial score (nSPS) is 31.5. The van der Waals surface area contributed by atoms with Crippen molar-refractivity contribution in [1.82, 2.24) is 25.1 Å². The molecule has 4 aromatic rings. The van der Waals surface area contributed by atoms with Gasteiger partial charge in [-0.05, 0) is 110 Å². The molecule has 10 nitrogen and oxygen atoms in total. The van der Waals surface area contributed by atoms with E-state index in [4.69, 9.17) is 9.15 Å². The summed E-state index contributed by atoms with van der Waals surface area (Å²) in [6.07, 6.45) is 13.9. The molecule has 1 aromatic carbocycles. The molecular weight excluding hydrogens is 625 g/mol. The van der Waals surface area contributed by atoms with Crippen molar-refractivity contribution in [3.8, 4) is 5.69 Å². The number of rotatable bonds is 7. The van der Waals surface area contributed by atoms with Gasteiger partial charge in [-0.15, -0.1) is 0 Å². The van der Waals surface area contributed by atoms with Crippen LogP contribution in [0, 0.1) is 34.4 Å². The predicted molar refractivity (Wildman–Crippen MR) is 177 cm³/mol. The van der Waals surface area contributed by atoms with Gasteiger partial charge in [0.2, 0.25) is 5.76 Å². The van der Waals surface area contributed by atoms with Crippen molar-refractivity contribution in [2.75, 3.05) is 6.54 Å². The lowest BCUT2D eigenvalue weighted by molar-refractivity contribution is -0.182. The van der Waals surface area contributed by atoms with Gasteiger partial charge in [0.05, 0.1) is 35.6 Å². The Balaban J connectivity index is 1.10. The molecule has 1 amide bonds. The first-order chi connectivity index (χ1) is 23.6. The van der Waals surface area contributed by atoms with E-state index in [1.807, 2.05) is 17.8 Å². The number of furan rings is 1. The van der Waals surface area contributed by atoms with Crippen LogP contribution in [0.25, 0.3) is 11.8 Å². The van der Waals surface area contributed by atoms with E-state index >= 15 is 0 Å². The second-order valence-electron chi connectivity index (χ2n) is 14.7. The van der Waals surface area contributed by atoms with Gasteiger partial charge in [-0.3, -0.25) is 14.8 Å². The maximum atomic E-state index is 14.4. The fourth-order valence-electron chi connectivity index (χ4n) is 10.1. The van der Waals surface area contributed by atoms with Gasteiger partial charge in [0, 0.05) is 37.0 Å². The number of hydrogen-bond acceptors (Lipinski definition) is 8. The van der Waals surface area contributed by atoms with Crippen LogP contribution in [-0.4, -0.2) is 55.0 Å². The molecule has 11 heteroatoms. The molecule has 2 N–H and O–H groups in total. The van der Waals surface area contributed by atoms with Gasteiger partial charge in [-0.1, -0.05) is 19.4 Å². The Kier molecular flexibility index (Phi) is 7.58. The average molecular weight is 666 g/mol. The number of ether oxygens (including phenoxy) is 1. The molecule has 49 heavy (non-hydrogen) atoms. The smallest absolute Gasteiger partial charge is 0.375 e. The standard InChI is InChI=1S/C38H40FN5O5/c1-36-19-23-21-43-44(27-8-6-25(39)7-9-27)30(23)18-24(36)5-10-28-29-11-13-38(37(29,2)20-31(45)33(28)36,49-34(46)32-4-3-17-48-32)35(47)42-14-12-26-22-40-15-16-41-26/h3-4,6-9,15-18,21-22,28-29,31,33,45H,5,10-14,19-20H2,1-2H3,(H,42,47). The van der Waals surface area contributed by atoms with Gasteiger partial charge in [0.1, 0.15) is 5.82 Å². The molecule has 0 radical (unpaired) electrons. The Hall–Kier alpha value is -4.64. The van der Waals surface area contributed by atoms with Crippen LogP contribution in [-0.2, 0) is 22.4 Å². The fourth-order valence-corrected chi connectivity index (χ4v) is 10.1. The summed E-state index contributed by atoms with van der Waals surface area (Å²) in [5.41, 5.74) is 2.27. The number of aromatic nitrogens is 4. The predicted octanol–water partition coefficient (Wildman–Crippen LogP) is 5.50. The minimum absolute atomic E-state index is 0.0344. The summed E-state index contributed by atoms with van der Waals surface area (Å²) in [6, 6.07) is 9.49. The number of amides is 1. The van der Waals surface area contributed by atoms with Crippen LogP contribution in [0.1, 0.15) is 73.5 Å². The van der Waals surface area contributed by atoms with Crippen molar-refractivity contribution in [1.29, 1.82) is 0 Å². The summed E-state index contributed by atoms with van der Waals surface area (Å²) in [7, 11) is 0. The van der Waals surface area contributed by atoms with Gasteiger partial charge in [-0.2, -0.15) is 5.10 Å². The lowest BCUT2D eigenvalue weighted by Gasteiger charge is -2.60. The van der Waals surface area contributed by atoms with E-state index in [2.05, 4.69) is 33.4 Å². The number of allylic oxidation sites excluding steroid dienone is 1. The summed E-state index contributed by atoms with van der Waals surface area (Å²) in [5.74, 6) is -1.20. The van der Waals surface area contributed by atoms with Crippen LogP contribution in [0.3, 0.4) is 0 Å². The number of nitrogens with one attached hydrogen (secondary N) is 1. The molecule has 0 spiro atoms. The van der Waals surface area contributed by atoms with Gasteiger partial charge in [-0.25, -0.2) is 13.9 Å². The molecule has 3 saturated carbocycles. The van der Waals surface area contributed by atoms with E-state index < -0.39 is 23.1 Å². The number of aliphatic hydroxyl groups is 1. The molecule has 4 aliphatic rings. The van der Waals surface area contributed by atoms with E-state index in [1.54, 1.807) is 36.8 Å². The largest absolute Gasteiger partial charge is 0.457 e. The molecule has 3 heterocycles. The Morgan fingerprint density at radius 2 is 1.98 bits per heavy atom. The third kappa shape index (κ3) is 4.95. The lowest BCUT2D eigenvalue weighted by atomic mass is 9.45. The van der Waals surface area contributed by atoms with Crippen molar-refractivity contribution in [2.24, 2.45) is 28.6 Å². The molecule has 0 aliphatic heterocycles. The Bertz CT molecular complexity index is 1910. The molecule has 7 atom stereocenters. The number of aliphatic hydroxyl groups excluding tert-OH is 1. The van der Waals surface area contributed by atoms with Crippen molar-refractivity contribution in [2.45, 2.75) is 70.5 Å². The summed E-state index contributed by atoms with van der Waals surface area (Å²) in [4.78, 5) is 36.3. The van der Waals surface area contributed by atoms with Crippen molar-refractivity contribution in [3.63, 3.8) is 0 Å². The average Bonchev–Trinajstić information content (AvgIpc) is 3.83. The van der Waals surface area contributed by atoms with Crippen LogP contribution >= 0.6 is 0 Å². The first-order valence-electron chi connectivity index (χ1n) is 17.1. The second-order valence-corrected chi connectivity index (χ2v) is 14.7. The monoisotopic (exact) mass is 665 g/mol. The number of carbonyl (C=O) groups excluding carboxylic acids is 2. The first kappa shape index (κ1) is 31.6. The zero-order chi connectivity index (χ0) is 34.0. The van der Waals surface area contributed by atoms with Crippen LogP contribution in [0.2, 0.25) is 0 Å². The molecule has 7 unspecified atom stereocenters. The zero-order valence-electron chi connectivity index (χ0n) is 27.6. The summed E-state index contributed by atoms with van der Waals surface area (Å²) in [5, 5.41) is 20.0. The topological polar surface area (TPSA) is 132 Å². The minimum atomic E-state index is -1.50. The fraction of sp³-hybridized carbons (Fsp3) is 0.447. The van der Waals surface area contributed by atoms with Crippen molar-refractivity contribution in [3.05, 3.63) is 102 Å². The van der Waals surface area contributed by atoms with E-state index in [-0.39, 0.29) is 40.7 Å². The molecule has 254 valence electrons. The summed E-state index contributed by atoms with van der Waals surface area (Å²) >= 11 is 0. The second kappa shape index (κ2) is 11.8. The zero-order valence-corrected chi connectivity index (χ0v) is 27.6. The molecule has 0 saturated heterocycles. The number of nitrogens with zero attached hydrogens (tertiary/aromatic N) is 4. The Labute approximate surface area is 283 Å². The lowest BCUT2D eigenvalue weighted by Crippen LogP contribution is -2.64. The first-order valence-corrected chi connectivity index (χ1v) is 17.1. The van der Waals surface area contributed by atoms with Crippen LogP contribution in [0.4, 0.5) is 4.39 Å². The number of esters is 1. The number of carbonyl (C=O) groups is 2. The van der Waals surface area contributed by atoms with E-state index in [0.29, 0.717) is 32.2 Å². The van der Waals surface area contributed by atoms with Gasteiger partial charge < -0.3 is 19.6 Å². The summed E-state index contributed by atoms with van der Waals surface area (Å²) < 4.78 is 27.2. The minimum Gasteiger partial charge on any atom is -0.457 e. The van der Waals surface area contributed by atoms with Crippen LogP contribution < -0.4 is 5.32 Å². The highest BCUT2D eigenvalue weighted by Gasteiger charge is 2.71. The van der Waals surface area contributed by atoms with Gasteiger partial charge in [0.15, 0.2) is 5.60 Å². The molecular formula is C38H40FN5O5. The number of benzene rings is 1. The highest BCUT2D eigenvalue weighted by molar-refractivity contribution is 5.93. The Morgan fingerprint density at radius 3 is 2.73 bits per heavy atom. The summed E-state index contributed by atoms with van der Waals surface area (Å²) in [6.45, 7) is 4.59. The number of halogens is 1. The van der Waals surface area contributed by atoms with E-state index in [9.17, 15) is 19.1 Å². The quantitative estimate of drug-likeness (QED) is 0.248. The molecule has 4 aliphatic carbocycles. The molecule has 3 fully saturated rings. The van der Waals surface area contributed by atoms with Crippen LogP contribution in [0.5, 0.6) is 0 Å². The van der Waals surface area contributed by atoms with Crippen LogP contribution in [0.15, 0.2) is 77.4 Å². The SMILES string of the molecule is CC12Cc3cnn(-c4ccc(F)cc4)c3C=C1CCC1C2C(O)CC2(C)C1CCC2(OC(=O)c1ccco1)C(=O)NCCc1cnccn1. The van der Waals surface area contributed by atoms with E-state index in [1.165, 1.54) is 30.0 Å².